The van der Waals surface area contributed by atoms with Gasteiger partial charge in [0.15, 0.2) is 0 Å². The van der Waals surface area contributed by atoms with E-state index < -0.39 is 6.17 Å². The van der Waals surface area contributed by atoms with Crippen LogP contribution in [0.1, 0.15) is 27.8 Å². The van der Waals surface area contributed by atoms with E-state index in [1.807, 2.05) is 25.1 Å². The molecule has 150 valence electrons. The predicted molar refractivity (Wildman–Crippen MR) is 112 cm³/mol. The highest BCUT2D eigenvalue weighted by molar-refractivity contribution is 6.30. The van der Waals surface area contributed by atoms with Crippen molar-refractivity contribution in [3.8, 4) is 11.5 Å². The maximum Gasteiger partial charge on any atom is 0.262 e. The van der Waals surface area contributed by atoms with Gasteiger partial charge in [0, 0.05) is 18.8 Å². The number of halogens is 1. The van der Waals surface area contributed by atoms with E-state index in [1.165, 1.54) is 0 Å². The van der Waals surface area contributed by atoms with E-state index in [0.29, 0.717) is 27.9 Å². The first kappa shape index (κ1) is 19.1. The molecule has 0 fully saturated rings. The first-order valence-electron chi connectivity index (χ1n) is 9.06. The molecule has 8 heteroatoms. The molecule has 0 spiro atoms. The minimum Gasteiger partial charge on any atom is -0.497 e. The van der Waals surface area contributed by atoms with Crippen LogP contribution >= 0.6 is 11.6 Å². The van der Waals surface area contributed by atoms with Crippen LogP contribution in [-0.4, -0.2) is 29.9 Å². The van der Waals surface area contributed by atoms with E-state index in [0.717, 1.165) is 16.9 Å². The normalized spacial score (nSPS) is 15.7. The quantitative estimate of drug-likeness (QED) is 0.696. The van der Waals surface area contributed by atoms with E-state index in [2.05, 4.69) is 10.4 Å². The third kappa shape index (κ3) is 3.07. The van der Waals surface area contributed by atoms with Crippen LogP contribution in [0.2, 0.25) is 5.15 Å². The zero-order chi connectivity index (χ0) is 20.7. The van der Waals surface area contributed by atoms with Crippen molar-refractivity contribution in [3.63, 3.8) is 0 Å². The lowest BCUT2D eigenvalue weighted by Gasteiger charge is -2.38. The molecule has 0 radical (unpaired) electrons. The van der Waals surface area contributed by atoms with Gasteiger partial charge in [0.05, 0.1) is 36.7 Å². The van der Waals surface area contributed by atoms with Gasteiger partial charge in [0.2, 0.25) is 0 Å². The average molecular weight is 413 g/mol. The molecule has 7 nitrogen and oxygen atoms in total. The van der Waals surface area contributed by atoms with Gasteiger partial charge in [-0.1, -0.05) is 23.7 Å². The highest BCUT2D eigenvalue weighted by Crippen LogP contribution is 2.43. The number of carbonyl (C=O) groups is 1. The lowest BCUT2D eigenvalue weighted by atomic mass is 10.0. The van der Waals surface area contributed by atoms with Crippen molar-refractivity contribution in [2.75, 3.05) is 24.4 Å². The maximum atomic E-state index is 13.6. The van der Waals surface area contributed by atoms with Gasteiger partial charge in [-0.3, -0.25) is 14.4 Å². The van der Waals surface area contributed by atoms with Gasteiger partial charge in [0.25, 0.3) is 5.91 Å². The van der Waals surface area contributed by atoms with Crippen molar-refractivity contribution in [3.05, 3.63) is 64.4 Å². The summed E-state index contributed by atoms with van der Waals surface area (Å²) in [5, 5.41) is 8.33. The van der Waals surface area contributed by atoms with Crippen molar-refractivity contribution >= 4 is 28.9 Å². The monoisotopic (exact) mass is 412 g/mol. The van der Waals surface area contributed by atoms with Crippen LogP contribution in [0.15, 0.2) is 42.5 Å². The number of nitrogens with zero attached hydrogens (tertiary/aromatic N) is 3. The number of aryl methyl sites for hydroxylation is 2. The standard InChI is InChI=1S/C21H21ClN4O3/c1-12-18(19(22)25(2)24-12)20-23-15-8-6-5-7-14(15)21(27)26(20)16-10-9-13(28-3)11-17(16)29-4/h5-11,20,23H,1-4H3/t20-/m1/s1. The first-order chi connectivity index (χ1) is 14.0. The molecular weight excluding hydrogens is 392 g/mol. The molecule has 3 aromatic rings. The smallest absolute Gasteiger partial charge is 0.262 e. The van der Waals surface area contributed by atoms with E-state index in [-0.39, 0.29) is 5.91 Å². The Hall–Kier alpha value is -3.19. The van der Waals surface area contributed by atoms with Crippen molar-refractivity contribution in [2.45, 2.75) is 13.1 Å². The number of fused-ring (bicyclic) bond motifs is 1. The zero-order valence-electron chi connectivity index (χ0n) is 16.6. The van der Waals surface area contributed by atoms with Gasteiger partial charge >= 0.3 is 0 Å². The number of para-hydroxylation sites is 1. The summed E-state index contributed by atoms with van der Waals surface area (Å²) < 4.78 is 12.5. The third-order valence-electron chi connectivity index (χ3n) is 5.04. The minimum atomic E-state index is -0.555. The van der Waals surface area contributed by atoms with E-state index in [1.54, 1.807) is 55.1 Å². The number of hydrogen-bond acceptors (Lipinski definition) is 5. The molecule has 2 aromatic carbocycles. The molecule has 0 bridgehead atoms. The number of benzene rings is 2. The van der Waals surface area contributed by atoms with Gasteiger partial charge in [-0.15, -0.1) is 0 Å². The van der Waals surface area contributed by atoms with E-state index in [4.69, 9.17) is 21.1 Å². The predicted octanol–water partition coefficient (Wildman–Crippen LogP) is 4.17. The lowest BCUT2D eigenvalue weighted by Crippen LogP contribution is -2.43. The summed E-state index contributed by atoms with van der Waals surface area (Å²) in [6.45, 7) is 1.87. The summed E-state index contributed by atoms with van der Waals surface area (Å²) >= 11 is 6.57. The Kier molecular flexibility index (Phi) is 4.84. The van der Waals surface area contributed by atoms with E-state index in [9.17, 15) is 4.79 Å². The molecule has 1 aliphatic rings. The number of carbonyl (C=O) groups excluding carboxylic acids is 1. The second-order valence-corrected chi connectivity index (χ2v) is 7.08. The minimum absolute atomic E-state index is 0.160. The molecular formula is C21H21ClN4O3. The van der Waals surface area contributed by atoms with Crippen LogP contribution < -0.4 is 19.7 Å². The summed E-state index contributed by atoms with van der Waals surface area (Å²) in [7, 11) is 4.92. The highest BCUT2D eigenvalue weighted by atomic mass is 35.5. The fourth-order valence-electron chi connectivity index (χ4n) is 3.65. The maximum absolute atomic E-state index is 13.6. The fraction of sp³-hybridized carbons (Fsp3) is 0.238. The molecule has 1 aromatic heterocycles. The number of aromatic nitrogens is 2. The number of hydrogen-bond donors (Lipinski definition) is 1. The van der Waals surface area contributed by atoms with Crippen molar-refractivity contribution in [1.29, 1.82) is 0 Å². The van der Waals surface area contributed by atoms with Crippen molar-refractivity contribution in [2.24, 2.45) is 7.05 Å². The third-order valence-corrected chi connectivity index (χ3v) is 5.49. The van der Waals surface area contributed by atoms with Crippen LogP contribution in [0.4, 0.5) is 11.4 Å². The van der Waals surface area contributed by atoms with Crippen LogP contribution in [0.5, 0.6) is 11.5 Å². The topological polar surface area (TPSA) is 68.6 Å². The van der Waals surface area contributed by atoms with Gasteiger partial charge in [-0.05, 0) is 31.2 Å². The molecule has 0 unspecified atom stereocenters. The number of anilines is 2. The summed E-state index contributed by atoms with van der Waals surface area (Å²) in [5.74, 6) is 0.990. The van der Waals surface area contributed by atoms with Crippen LogP contribution in [-0.2, 0) is 7.05 Å². The molecule has 4 rings (SSSR count). The van der Waals surface area contributed by atoms with Gasteiger partial charge in [-0.2, -0.15) is 5.10 Å². The fourth-order valence-corrected chi connectivity index (χ4v) is 3.92. The second-order valence-electron chi connectivity index (χ2n) is 6.72. The second kappa shape index (κ2) is 7.33. The number of ether oxygens (including phenoxy) is 2. The highest BCUT2D eigenvalue weighted by Gasteiger charge is 2.38. The molecule has 1 amide bonds. The van der Waals surface area contributed by atoms with Gasteiger partial charge < -0.3 is 14.8 Å². The Morgan fingerprint density at radius 3 is 2.55 bits per heavy atom. The number of nitrogens with one attached hydrogen (secondary N) is 1. The van der Waals surface area contributed by atoms with Gasteiger partial charge in [0.1, 0.15) is 22.8 Å². The SMILES string of the molecule is COc1ccc(N2C(=O)c3ccccc3N[C@H]2c2c(C)nn(C)c2Cl)c(OC)c1. The van der Waals surface area contributed by atoms with E-state index >= 15 is 0 Å². The number of amides is 1. The molecule has 1 atom stereocenters. The Balaban J connectivity index is 1.94. The summed E-state index contributed by atoms with van der Waals surface area (Å²) in [5.41, 5.74) is 3.38. The Labute approximate surface area is 173 Å². The summed E-state index contributed by atoms with van der Waals surface area (Å²) in [6.07, 6.45) is -0.555. The molecule has 2 heterocycles. The van der Waals surface area contributed by atoms with Crippen molar-refractivity contribution in [1.82, 2.24) is 9.78 Å². The Bertz CT molecular complexity index is 1100. The molecule has 0 saturated heterocycles. The van der Waals surface area contributed by atoms with Crippen LogP contribution in [0.3, 0.4) is 0 Å². The molecule has 1 aliphatic heterocycles. The summed E-state index contributed by atoms with van der Waals surface area (Å²) in [6, 6.07) is 12.7. The lowest BCUT2D eigenvalue weighted by molar-refractivity contribution is 0.0974. The molecule has 1 N–H and O–H groups in total. The average Bonchev–Trinajstić information content (AvgIpc) is 2.99. The first-order valence-corrected chi connectivity index (χ1v) is 9.44. The Morgan fingerprint density at radius 2 is 1.90 bits per heavy atom. The molecule has 0 aliphatic carbocycles. The Morgan fingerprint density at radius 1 is 1.14 bits per heavy atom. The van der Waals surface area contributed by atoms with Crippen LogP contribution in [0.25, 0.3) is 0 Å². The number of rotatable bonds is 4. The number of methoxy groups -OCH3 is 2. The largest absolute Gasteiger partial charge is 0.497 e. The zero-order valence-corrected chi connectivity index (χ0v) is 17.3. The van der Waals surface area contributed by atoms with Crippen LogP contribution in [0, 0.1) is 6.92 Å². The van der Waals surface area contributed by atoms with Crippen molar-refractivity contribution < 1.29 is 14.3 Å². The molecule has 0 saturated carbocycles. The van der Waals surface area contributed by atoms with Gasteiger partial charge in [-0.25, -0.2) is 0 Å². The molecule has 29 heavy (non-hydrogen) atoms. The summed E-state index contributed by atoms with van der Waals surface area (Å²) in [4.78, 5) is 15.2.